The first-order chi connectivity index (χ1) is 4.09. The number of carbonyl (C=O) groups excluding carboxylic acids is 2. The van der Waals surface area contributed by atoms with E-state index in [1.165, 1.54) is 68.2 Å². The Morgan fingerprint density at radius 2 is 1.56 bits per heavy atom. The van der Waals surface area contributed by atoms with Crippen molar-refractivity contribution in [2.24, 2.45) is 0 Å². The van der Waals surface area contributed by atoms with Crippen LogP contribution in [0.3, 0.4) is 0 Å². The van der Waals surface area contributed by atoms with Crippen molar-refractivity contribution in [3.05, 3.63) is 0 Å². The fourth-order valence-corrected chi connectivity index (χ4v) is 2.33. The first-order valence-corrected chi connectivity index (χ1v) is 4.61. The molecule has 0 saturated carbocycles. The van der Waals surface area contributed by atoms with Gasteiger partial charge in [-0.2, -0.15) is 3.17 Å². The molecule has 9 heavy (non-hydrogen) atoms. The molecule has 0 aliphatic heterocycles. The number of nitrogens with zero attached hydrogens (tertiary/aromatic N) is 1. The van der Waals surface area contributed by atoms with Gasteiger partial charge in [0.05, 0.1) is 0 Å². The number of imide groups is 1. The van der Waals surface area contributed by atoms with Gasteiger partial charge in [-0.05, 0) is 0 Å². The highest BCUT2D eigenvalue weighted by molar-refractivity contribution is 14.1. The molecule has 0 unspecified atom stereocenters. The standard InChI is InChI=1S/C2I3NO3/c3-1(7)6(9-5)2(4)8. The van der Waals surface area contributed by atoms with Crippen molar-refractivity contribution in [1.29, 1.82) is 0 Å². The summed E-state index contributed by atoms with van der Waals surface area (Å²) in [5.41, 5.74) is 0. The van der Waals surface area contributed by atoms with Crippen LogP contribution in [0.15, 0.2) is 0 Å². The van der Waals surface area contributed by atoms with Gasteiger partial charge in [-0.25, -0.2) is 0 Å². The Hall–Kier alpha value is 1.29. The fourth-order valence-electron chi connectivity index (χ4n) is 0.123. The molecule has 0 saturated heterocycles. The number of hydrogen-bond acceptors (Lipinski definition) is 3. The average molecular weight is 467 g/mol. The summed E-state index contributed by atoms with van der Waals surface area (Å²) in [6.07, 6.45) is 0. The van der Waals surface area contributed by atoms with Crippen LogP contribution in [-0.4, -0.2) is 12.9 Å². The lowest BCUT2D eigenvalue weighted by molar-refractivity contribution is 0.100. The number of hydrogen-bond donors (Lipinski definition) is 0. The zero-order valence-electron chi connectivity index (χ0n) is 3.81. The summed E-state index contributed by atoms with van der Waals surface area (Å²) in [6.45, 7) is 0. The van der Waals surface area contributed by atoms with Crippen LogP contribution >= 0.6 is 68.2 Å². The number of rotatable bonds is 1. The summed E-state index contributed by atoms with van der Waals surface area (Å²) < 4.78 is 3.45. The Kier molecular flexibility index (Phi) is 5.73. The Morgan fingerprint density at radius 3 is 1.56 bits per heavy atom. The van der Waals surface area contributed by atoms with Crippen LogP contribution in [0.25, 0.3) is 0 Å². The Morgan fingerprint density at radius 1 is 1.22 bits per heavy atom. The number of amides is 2. The third kappa shape index (κ3) is 3.87. The van der Waals surface area contributed by atoms with E-state index in [-0.39, 0.29) is 0 Å². The molecule has 2 amide bonds. The maximum Gasteiger partial charge on any atom is 0.315 e. The lowest BCUT2D eigenvalue weighted by Crippen LogP contribution is -2.23. The van der Waals surface area contributed by atoms with E-state index in [0.29, 0.717) is 5.06 Å². The molecule has 52 valence electrons. The molecule has 0 aliphatic carbocycles. The lowest BCUT2D eigenvalue weighted by atomic mass is 11.1. The molecule has 0 heterocycles. The second kappa shape index (κ2) is 5.01. The van der Waals surface area contributed by atoms with Gasteiger partial charge >= 0.3 is 7.83 Å². The normalized spacial score (nSPS) is 8.78. The van der Waals surface area contributed by atoms with Crippen molar-refractivity contribution >= 4 is 76.0 Å². The second-order valence-corrected chi connectivity index (χ2v) is 3.11. The highest BCUT2D eigenvalue weighted by Crippen LogP contribution is 2.09. The fraction of sp³-hybridized carbons (Fsp3) is 0. The number of halogens is 3. The predicted octanol–water partition coefficient (Wildman–Crippen LogP) is 2.68. The predicted molar refractivity (Wildman–Crippen MR) is 55.8 cm³/mol. The van der Waals surface area contributed by atoms with Crippen molar-refractivity contribution in [2.75, 3.05) is 0 Å². The van der Waals surface area contributed by atoms with Crippen molar-refractivity contribution < 1.29 is 12.8 Å². The van der Waals surface area contributed by atoms with E-state index in [0.717, 1.165) is 0 Å². The smallest absolute Gasteiger partial charge is 0.260 e. The Labute approximate surface area is 92.6 Å². The van der Waals surface area contributed by atoms with Crippen LogP contribution in [0.4, 0.5) is 9.59 Å². The molecule has 0 atom stereocenters. The minimum absolute atomic E-state index is 0.457. The SMILES string of the molecule is O=C(I)N(OI)C(=O)I. The highest BCUT2D eigenvalue weighted by Gasteiger charge is 2.15. The first-order valence-electron chi connectivity index (χ1n) is 1.57. The lowest BCUT2D eigenvalue weighted by Gasteiger charge is -2.06. The van der Waals surface area contributed by atoms with Crippen molar-refractivity contribution in [2.45, 2.75) is 0 Å². The zero-order valence-corrected chi connectivity index (χ0v) is 10.3. The first kappa shape index (κ1) is 10.3. The van der Waals surface area contributed by atoms with Gasteiger partial charge in [-0.1, -0.05) is 0 Å². The molecule has 0 aliphatic rings. The molecule has 0 N–H and O–H groups in total. The summed E-state index contributed by atoms with van der Waals surface area (Å²) in [5, 5.41) is 0.641. The van der Waals surface area contributed by atoms with Gasteiger partial charge in [-0.15, -0.1) is 5.06 Å². The highest BCUT2D eigenvalue weighted by atomic mass is 127. The molecule has 0 aromatic heterocycles. The molecule has 7 heteroatoms. The van der Waals surface area contributed by atoms with Gasteiger partial charge in [0.15, 0.2) is 0 Å². The maximum atomic E-state index is 10.4. The molecular weight excluding hydrogens is 467 g/mol. The average Bonchev–Trinajstić information content (AvgIpc) is 1.64. The molecule has 0 fully saturated rings. The quantitative estimate of drug-likeness (QED) is 0.258. The minimum atomic E-state index is -0.457. The Bertz CT molecular complexity index is 123. The number of hydroxylamine groups is 2. The van der Waals surface area contributed by atoms with Gasteiger partial charge in [0.2, 0.25) is 0 Å². The zero-order chi connectivity index (χ0) is 7.44. The molecule has 0 aromatic rings. The third-order valence-electron chi connectivity index (χ3n) is 0.388. The molecule has 0 aromatic carbocycles. The van der Waals surface area contributed by atoms with E-state index in [9.17, 15) is 9.59 Å². The molecule has 0 rings (SSSR count). The summed E-state index contributed by atoms with van der Waals surface area (Å²) in [7, 11) is 0. The van der Waals surface area contributed by atoms with E-state index < -0.39 is 7.83 Å². The third-order valence-corrected chi connectivity index (χ3v) is 1.66. The maximum absolute atomic E-state index is 10.4. The molecular formula is C2I3NO3. The van der Waals surface area contributed by atoms with Crippen LogP contribution in [0.5, 0.6) is 0 Å². The topological polar surface area (TPSA) is 46.6 Å². The van der Waals surface area contributed by atoms with Crippen molar-refractivity contribution in [3.63, 3.8) is 0 Å². The van der Waals surface area contributed by atoms with Gasteiger partial charge in [0.25, 0.3) is 0 Å². The Balaban J connectivity index is 3.99. The summed E-state index contributed by atoms with van der Waals surface area (Å²) in [6, 6.07) is 0. The van der Waals surface area contributed by atoms with Gasteiger partial charge in [0.1, 0.15) is 23.0 Å². The van der Waals surface area contributed by atoms with Crippen LogP contribution in [-0.2, 0) is 3.17 Å². The van der Waals surface area contributed by atoms with Gasteiger partial charge in [-0.3, -0.25) is 9.59 Å². The summed E-state index contributed by atoms with van der Waals surface area (Å²) in [4.78, 5) is 20.7. The second-order valence-electron chi connectivity index (χ2n) is 0.869. The molecule has 0 bridgehead atoms. The van der Waals surface area contributed by atoms with E-state index >= 15 is 0 Å². The van der Waals surface area contributed by atoms with Crippen LogP contribution < -0.4 is 0 Å². The van der Waals surface area contributed by atoms with E-state index in [2.05, 4.69) is 3.17 Å². The molecule has 4 nitrogen and oxygen atoms in total. The summed E-state index contributed by atoms with van der Waals surface area (Å²) >= 11 is 4.36. The molecule has 0 spiro atoms. The van der Waals surface area contributed by atoms with Crippen molar-refractivity contribution in [3.8, 4) is 0 Å². The van der Waals surface area contributed by atoms with E-state index in [1.807, 2.05) is 0 Å². The molecule has 0 radical (unpaired) electrons. The van der Waals surface area contributed by atoms with Crippen LogP contribution in [0.2, 0.25) is 0 Å². The monoisotopic (exact) mass is 467 g/mol. The number of carbonyl (C=O) groups is 2. The van der Waals surface area contributed by atoms with E-state index in [1.54, 1.807) is 0 Å². The van der Waals surface area contributed by atoms with Gasteiger partial charge in [0, 0.05) is 45.2 Å². The van der Waals surface area contributed by atoms with Crippen LogP contribution in [0, 0.1) is 0 Å². The van der Waals surface area contributed by atoms with E-state index in [4.69, 9.17) is 0 Å². The largest absolute Gasteiger partial charge is 0.315 e. The van der Waals surface area contributed by atoms with Gasteiger partial charge < -0.3 is 0 Å². The van der Waals surface area contributed by atoms with Crippen LogP contribution in [0.1, 0.15) is 0 Å². The minimum Gasteiger partial charge on any atom is -0.260 e. The summed E-state index contributed by atoms with van der Waals surface area (Å²) in [5.74, 6) is 0. The van der Waals surface area contributed by atoms with Crippen molar-refractivity contribution in [1.82, 2.24) is 5.06 Å².